The van der Waals surface area contributed by atoms with E-state index in [4.69, 9.17) is 22.0 Å². The molecular formula is C10H10N4O3. The van der Waals surface area contributed by atoms with Crippen molar-refractivity contribution < 1.29 is 14.7 Å². The van der Waals surface area contributed by atoms with Crippen molar-refractivity contribution >= 4 is 29.1 Å². The lowest BCUT2D eigenvalue weighted by Gasteiger charge is -2.00. The third kappa shape index (κ3) is 3.13. The first kappa shape index (κ1) is 12.4. The van der Waals surface area contributed by atoms with E-state index in [1.54, 1.807) is 0 Å². The Labute approximate surface area is 96.3 Å². The predicted octanol–water partition coefficient (Wildman–Crippen LogP) is -0.121. The van der Waals surface area contributed by atoms with Crippen molar-refractivity contribution in [3.63, 3.8) is 0 Å². The van der Waals surface area contributed by atoms with Crippen LogP contribution in [0.25, 0.3) is 0 Å². The lowest BCUT2D eigenvalue weighted by Crippen LogP contribution is -2.34. The largest absolute Gasteiger partial charge is 0.478 e. The van der Waals surface area contributed by atoms with E-state index in [1.165, 1.54) is 24.3 Å². The van der Waals surface area contributed by atoms with Crippen LogP contribution in [0.3, 0.4) is 0 Å². The molecule has 17 heavy (non-hydrogen) atoms. The van der Waals surface area contributed by atoms with Gasteiger partial charge in [-0.05, 0) is 24.3 Å². The van der Waals surface area contributed by atoms with Gasteiger partial charge in [-0.2, -0.15) is 0 Å². The number of carboxylic acids is 1. The molecule has 0 fully saturated rings. The van der Waals surface area contributed by atoms with E-state index in [2.05, 4.69) is 4.99 Å². The van der Waals surface area contributed by atoms with Crippen LogP contribution < -0.4 is 11.5 Å². The van der Waals surface area contributed by atoms with E-state index in [-0.39, 0.29) is 11.4 Å². The molecule has 0 heterocycles. The molecule has 0 bridgehead atoms. The molecule has 0 aliphatic rings. The van der Waals surface area contributed by atoms with Crippen LogP contribution in [0.1, 0.15) is 10.4 Å². The Hall–Kier alpha value is -2.70. The second-order valence-electron chi connectivity index (χ2n) is 3.09. The minimum absolute atomic E-state index is 0.104. The number of rotatable bonds is 4. The molecule has 0 aromatic heterocycles. The number of nitrogens with two attached hydrogens (primary N) is 2. The molecule has 7 nitrogen and oxygen atoms in total. The fourth-order valence-electron chi connectivity index (χ4n) is 1.000. The standard InChI is InChI=1S/C10H10N4O3/c11-7(9(13)15)8(12)14-6-3-1-5(2-4-6)10(16)17/h1-4,11H,(H2,12,14)(H2,13,15)(H,16,17). The Morgan fingerprint density at radius 2 is 1.71 bits per heavy atom. The number of hydrogen-bond acceptors (Lipinski definition) is 4. The van der Waals surface area contributed by atoms with Gasteiger partial charge in [-0.1, -0.05) is 0 Å². The van der Waals surface area contributed by atoms with Gasteiger partial charge >= 0.3 is 5.97 Å². The number of amides is 1. The molecule has 1 aromatic carbocycles. The molecule has 7 heteroatoms. The quantitative estimate of drug-likeness (QED) is 0.425. The van der Waals surface area contributed by atoms with Crippen LogP contribution in [-0.2, 0) is 4.79 Å². The van der Waals surface area contributed by atoms with Gasteiger partial charge in [-0.25, -0.2) is 9.79 Å². The Bertz CT molecular complexity index is 505. The topological polar surface area (TPSA) is 143 Å². The summed E-state index contributed by atoms with van der Waals surface area (Å²) in [5.41, 5.74) is 10.1. The molecule has 1 amide bonds. The van der Waals surface area contributed by atoms with Crippen LogP contribution in [-0.4, -0.2) is 28.5 Å². The van der Waals surface area contributed by atoms with E-state index in [0.717, 1.165) is 0 Å². The second kappa shape index (κ2) is 4.88. The zero-order chi connectivity index (χ0) is 13.0. The highest BCUT2D eigenvalue weighted by Crippen LogP contribution is 2.12. The number of carbonyl (C=O) groups excluding carboxylic acids is 1. The van der Waals surface area contributed by atoms with Gasteiger partial charge in [-0.15, -0.1) is 0 Å². The fraction of sp³-hybridized carbons (Fsp3) is 0. The first-order valence-electron chi connectivity index (χ1n) is 4.48. The van der Waals surface area contributed by atoms with E-state index >= 15 is 0 Å². The number of aliphatic imine (C=N–C) groups is 1. The first-order chi connectivity index (χ1) is 7.91. The van der Waals surface area contributed by atoms with Crippen LogP contribution >= 0.6 is 0 Å². The van der Waals surface area contributed by atoms with Crippen LogP contribution in [0, 0.1) is 5.41 Å². The summed E-state index contributed by atoms with van der Waals surface area (Å²) in [6, 6.07) is 5.49. The molecule has 1 rings (SSSR count). The number of benzene rings is 1. The normalized spacial score (nSPS) is 10.9. The summed E-state index contributed by atoms with van der Waals surface area (Å²) in [7, 11) is 0. The summed E-state index contributed by atoms with van der Waals surface area (Å²) in [5, 5.41) is 15.8. The molecule has 0 unspecified atom stereocenters. The smallest absolute Gasteiger partial charge is 0.335 e. The number of nitrogens with zero attached hydrogens (tertiary/aromatic N) is 1. The maximum atomic E-state index is 10.6. The zero-order valence-electron chi connectivity index (χ0n) is 8.68. The number of nitrogens with one attached hydrogen (secondary N) is 1. The van der Waals surface area contributed by atoms with Gasteiger partial charge in [-0.3, -0.25) is 10.2 Å². The SMILES string of the molecule is N=C(C(N)=O)C(N)=Nc1ccc(C(=O)O)cc1. The summed E-state index contributed by atoms with van der Waals surface area (Å²) in [4.78, 5) is 25.0. The molecule has 0 aliphatic carbocycles. The summed E-state index contributed by atoms with van der Waals surface area (Å²) in [5.74, 6) is -2.35. The molecule has 0 radical (unpaired) electrons. The van der Waals surface area contributed by atoms with Crippen molar-refractivity contribution in [1.29, 1.82) is 5.41 Å². The van der Waals surface area contributed by atoms with Crippen LogP contribution in [0.4, 0.5) is 5.69 Å². The molecule has 0 saturated heterocycles. The first-order valence-corrected chi connectivity index (χ1v) is 4.48. The number of primary amides is 1. The molecule has 1 aromatic rings. The molecule has 0 aliphatic heterocycles. The van der Waals surface area contributed by atoms with Gasteiger partial charge < -0.3 is 16.6 Å². The molecule has 6 N–H and O–H groups in total. The Morgan fingerprint density at radius 3 is 2.12 bits per heavy atom. The third-order valence-electron chi connectivity index (χ3n) is 1.87. The number of carboxylic acid groups (broad SMARTS) is 1. The minimum Gasteiger partial charge on any atom is -0.478 e. The average molecular weight is 234 g/mol. The highest BCUT2D eigenvalue weighted by Gasteiger charge is 2.09. The van der Waals surface area contributed by atoms with Crippen LogP contribution in [0.2, 0.25) is 0 Å². The van der Waals surface area contributed by atoms with Crippen molar-refractivity contribution in [3.05, 3.63) is 29.8 Å². The number of carbonyl (C=O) groups is 2. The molecule has 88 valence electrons. The lowest BCUT2D eigenvalue weighted by molar-refractivity contribution is -0.111. The Morgan fingerprint density at radius 1 is 1.18 bits per heavy atom. The average Bonchev–Trinajstić information content (AvgIpc) is 2.28. The second-order valence-corrected chi connectivity index (χ2v) is 3.09. The van der Waals surface area contributed by atoms with Crippen molar-refractivity contribution in [2.75, 3.05) is 0 Å². The highest BCUT2D eigenvalue weighted by molar-refractivity contribution is 6.65. The van der Waals surface area contributed by atoms with E-state index < -0.39 is 17.6 Å². The molecule has 0 saturated carbocycles. The summed E-state index contributed by atoms with van der Waals surface area (Å²) < 4.78 is 0. The molecular weight excluding hydrogens is 224 g/mol. The number of hydrogen-bond donors (Lipinski definition) is 4. The van der Waals surface area contributed by atoms with Gasteiger partial charge in [0.2, 0.25) is 0 Å². The van der Waals surface area contributed by atoms with Crippen molar-refractivity contribution in [3.8, 4) is 0 Å². The van der Waals surface area contributed by atoms with Gasteiger partial charge in [0.05, 0.1) is 11.3 Å². The van der Waals surface area contributed by atoms with Gasteiger partial charge in [0.25, 0.3) is 5.91 Å². The third-order valence-corrected chi connectivity index (χ3v) is 1.87. The van der Waals surface area contributed by atoms with Crippen LogP contribution in [0.5, 0.6) is 0 Å². The van der Waals surface area contributed by atoms with Gasteiger partial charge in [0.15, 0.2) is 11.5 Å². The van der Waals surface area contributed by atoms with Gasteiger partial charge in [0.1, 0.15) is 0 Å². The predicted molar refractivity (Wildman–Crippen MR) is 61.6 cm³/mol. The highest BCUT2D eigenvalue weighted by atomic mass is 16.4. The van der Waals surface area contributed by atoms with Crippen LogP contribution in [0.15, 0.2) is 29.3 Å². The van der Waals surface area contributed by atoms with E-state index in [0.29, 0.717) is 5.69 Å². The van der Waals surface area contributed by atoms with Crippen molar-refractivity contribution in [2.45, 2.75) is 0 Å². The maximum absolute atomic E-state index is 10.6. The monoisotopic (exact) mass is 234 g/mol. The Balaban J connectivity index is 2.95. The van der Waals surface area contributed by atoms with E-state index in [9.17, 15) is 9.59 Å². The van der Waals surface area contributed by atoms with Gasteiger partial charge in [0, 0.05) is 0 Å². The lowest BCUT2D eigenvalue weighted by atomic mass is 10.2. The Kier molecular flexibility index (Phi) is 3.55. The van der Waals surface area contributed by atoms with Crippen molar-refractivity contribution in [1.82, 2.24) is 0 Å². The minimum atomic E-state index is -1.06. The van der Waals surface area contributed by atoms with E-state index in [1.807, 2.05) is 0 Å². The molecule has 0 atom stereocenters. The summed E-state index contributed by atoms with van der Waals surface area (Å²) in [6.07, 6.45) is 0. The zero-order valence-corrected chi connectivity index (χ0v) is 8.68. The van der Waals surface area contributed by atoms with Crippen molar-refractivity contribution in [2.24, 2.45) is 16.5 Å². The number of aromatic carboxylic acids is 1. The summed E-state index contributed by atoms with van der Waals surface area (Å²) >= 11 is 0. The fourth-order valence-corrected chi connectivity index (χ4v) is 1.000. The summed E-state index contributed by atoms with van der Waals surface area (Å²) in [6.45, 7) is 0. The maximum Gasteiger partial charge on any atom is 0.335 e. The number of amidine groups is 1. The molecule has 0 spiro atoms.